The molecule has 0 bridgehead atoms. The summed E-state index contributed by atoms with van der Waals surface area (Å²) in [5.41, 5.74) is 3.55. The van der Waals surface area contributed by atoms with Crippen LogP contribution < -0.4 is 0 Å². The molecule has 0 N–H and O–H groups in total. The maximum Gasteiger partial charge on any atom is 0.306 e. The van der Waals surface area contributed by atoms with Crippen LogP contribution in [-0.4, -0.2) is 5.97 Å². The summed E-state index contributed by atoms with van der Waals surface area (Å²) >= 11 is 0. The summed E-state index contributed by atoms with van der Waals surface area (Å²) in [6.45, 7) is 8.15. The molecule has 0 fully saturated rings. The number of aryl methyl sites for hydroxylation is 1. The van der Waals surface area contributed by atoms with Crippen LogP contribution in [0.25, 0.3) is 0 Å². The normalized spacial score (nSPS) is 12.2. The zero-order chi connectivity index (χ0) is 12.8. The van der Waals surface area contributed by atoms with Crippen molar-refractivity contribution >= 4 is 5.97 Å². The molecule has 1 aromatic rings. The monoisotopic (exact) mass is 234 g/mol. The first-order chi connectivity index (χ1) is 8.06. The molecule has 0 saturated carbocycles. The van der Waals surface area contributed by atoms with Gasteiger partial charge in [-0.1, -0.05) is 31.5 Å². The molecule has 0 saturated heterocycles. The van der Waals surface area contributed by atoms with Crippen LogP contribution in [0.3, 0.4) is 0 Å². The molecule has 0 unspecified atom stereocenters. The van der Waals surface area contributed by atoms with Crippen LogP contribution in [0.2, 0.25) is 0 Å². The quantitative estimate of drug-likeness (QED) is 0.717. The summed E-state index contributed by atoms with van der Waals surface area (Å²) in [4.78, 5) is 11.6. The van der Waals surface area contributed by atoms with Crippen molar-refractivity contribution < 1.29 is 9.53 Å². The molecule has 1 aromatic carbocycles. The number of ether oxygens (including phenoxy) is 1. The number of benzene rings is 1. The Kier molecular flexibility index (Phi) is 5.20. The molecular weight excluding hydrogens is 212 g/mol. The summed E-state index contributed by atoms with van der Waals surface area (Å²) in [5, 5.41) is 0. The highest BCUT2D eigenvalue weighted by molar-refractivity contribution is 5.69. The lowest BCUT2D eigenvalue weighted by molar-refractivity contribution is -0.148. The second kappa shape index (κ2) is 6.43. The van der Waals surface area contributed by atoms with Gasteiger partial charge in [-0.25, -0.2) is 0 Å². The van der Waals surface area contributed by atoms with Crippen molar-refractivity contribution in [3.63, 3.8) is 0 Å². The van der Waals surface area contributed by atoms with Crippen LogP contribution in [-0.2, 0) is 9.53 Å². The molecule has 2 heteroatoms. The van der Waals surface area contributed by atoms with Gasteiger partial charge < -0.3 is 4.74 Å². The fraction of sp³-hybridized carbons (Fsp3) is 0.533. The van der Waals surface area contributed by atoms with E-state index in [-0.39, 0.29) is 12.1 Å². The van der Waals surface area contributed by atoms with Crippen molar-refractivity contribution in [2.45, 2.75) is 53.1 Å². The number of hydrogen-bond acceptors (Lipinski definition) is 2. The van der Waals surface area contributed by atoms with E-state index >= 15 is 0 Å². The third-order valence-electron chi connectivity index (χ3n) is 3.13. The summed E-state index contributed by atoms with van der Waals surface area (Å²) in [7, 11) is 0. The molecule has 0 aliphatic rings. The average Bonchev–Trinajstić information content (AvgIpc) is 2.29. The first kappa shape index (κ1) is 13.8. The molecule has 0 spiro atoms. The number of hydrogen-bond donors (Lipinski definition) is 0. The van der Waals surface area contributed by atoms with Gasteiger partial charge in [-0.15, -0.1) is 0 Å². The highest BCUT2D eigenvalue weighted by Gasteiger charge is 2.13. The molecule has 1 atom stereocenters. The van der Waals surface area contributed by atoms with Gasteiger partial charge in [0.1, 0.15) is 6.10 Å². The smallest absolute Gasteiger partial charge is 0.306 e. The third kappa shape index (κ3) is 3.88. The van der Waals surface area contributed by atoms with Gasteiger partial charge in [0.25, 0.3) is 0 Å². The van der Waals surface area contributed by atoms with Crippen LogP contribution in [0.1, 0.15) is 55.9 Å². The number of carbonyl (C=O) groups is 1. The van der Waals surface area contributed by atoms with E-state index in [0.717, 1.165) is 18.4 Å². The molecule has 0 heterocycles. The van der Waals surface area contributed by atoms with Gasteiger partial charge in [0.15, 0.2) is 0 Å². The number of carbonyl (C=O) groups excluding carboxylic acids is 1. The van der Waals surface area contributed by atoms with Crippen LogP contribution in [0.15, 0.2) is 18.2 Å². The highest BCUT2D eigenvalue weighted by atomic mass is 16.5. The van der Waals surface area contributed by atoms with E-state index in [4.69, 9.17) is 4.74 Å². The standard InChI is InChI=1S/C15H22O2/c1-5-6-10-15(16)17-13(4)14-9-7-8-11(2)12(14)3/h7-9,13H,5-6,10H2,1-4H3/t13-/m1/s1. The third-order valence-corrected chi connectivity index (χ3v) is 3.13. The minimum Gasteiger partial charge on any atom is -0.458 e. The predicted octanol–water partition coefficient (Wildman–Crippen LogP) is 4.10. The van der Waals surface area contributed by atoms with Crippen LogP contribution in [0.5, 0.6) is 0 Å². The zero-order valence-corrected chi connectivity index (χ0v) is 11.2. The first-order valence-corrected chi connectivity index (χ1v) is 6.31. The second-order valence-electron chi connectivity index (χ2n) is 4.52. The minimum atomic E-state index is -0.153. The highest BCUT2D eigenvalue weighted by Crippen LogP contribution is 2.23. The van der Waals surface area contributed by atoms with E-state index in [1.54, 1.807) is 0 Å². The Hall–Kier alpha value is -1.31. The van der Waals surface area contributed by atoms with Gasteiger partial charge >= 0.3 is 5.97 Å². The Bertz CT molecular complexity index is 383. The van der Waals surface area contributed by atoms with Crippen molar-refractivity contribution in [2.75, 3.05) is 0 Å². The Labute approximate surface area is 104 Å². The lowest BCUT2D eigenvalue weighted by atomic mass is 10.00. The van der Waals surface area contributed by atoms with Gasteiger partial charge in [-0.3, -0.25) is 4.79 Å². The fourth-order valence-electron chi connectivity index (χ4n) is 1.85. The topological polar surface area (TPSA) is 26.3 Å². The molecule has 2 nitrogen and oxygen atoms in total. The molecule has 0 aromatic heterocycles. The van der Waals surface area contributed by atoms with Crippen molar-refractivity contribution in [1.82, 2.24) is 0 Å². The van der Waals surface area contributed by atoms with Gasteiger partial charge in [0, 0.05) is 6.42 Å². The summed E-state index contributed by atoms with van der Waals surface area (Å²) in [5.74, 6) is -0.0970. The number of esters is 1. The zero-order valence-electron chi connectivity index (χ0n) is 11.2. The molecule has 0 aliphatic heterocycles. The maximum absolute atomic E-state index is 11.6. The van der Waals surface area contributed by atoms with E-state index in [1.807, 2.05) is 19.1 Å². The minimum absolute atomic E-state index is 0.0970. The van der Waals surface area contributed by atoms with E-state index in [9.17, 15) is 4.79 Å². The van der Waals surface area contributed by atoms with Crippen molar-refractivity contribution in [1.29, 1.82) is 0 Å². The van der Waals surface area contributed by atoms with Crippen molar-refractivity contribution in [3.05, 3.63) is 34.9 Å². The van der Waals surface area contributed by atoms with Crippen LogP contribution in [0.4, 0.5) is 0 Å². The Balaban J connectivity index is 2.66. The van der Waals surface area contributed by atoms with E-state index < -0.39 is 0 Å². The van der Waals surface area contributed by atoms with E-state index in [0.29, 0.717) is 6.42 Å². The predicted molar refractivity (Wildman–Crippen MR) is 69.9 cm³/mol. The van der Waals surface area contributed by atoms with Gasteiger partial charge in [0.2, 0.25) is 0 Å². The molecule has 1 rings (SSSR count). The van der Waals surface area contributed by atoms with Gasteiger partial charge in [-0.2, -0.15) is 0 Å². The molecule has 17 heavy (non-hydrogen) atoms. The average molecular weight is 234 g/mol. The van der Waals surface area contributed by atoms with Crippen molar-refractivity contribution in [3.8, 4) is 0 Å². The first-order valence-electron chi connectivity index (χ1n) is 6.31. The molecule has 94 valence electrons. The number of rotatable bonds is 5. The van der Waals surface area contributed by atoms with Crippen molar-refractivity contribution in [2.24, 2.45) is 0 Å². The summed E-state index contributed by atoms with van der Waals surface area (Å²) in [6, 6.07) is 6.11. The molecule has 0 amide bonds. The molecular formula is C15H22O2. The summed E-state index contributed by atoms with van der Waals surface area (Å²) in [6.07, 6.45) is 2.29. The second-order valence-corrected chi connectivity index (χ2v) is 4.52. The van der Waals surface area contributed by atoms with Crippen LogP contribution >= 0.6 is 0 Å². The van der Waals surface area contributed by atoms with Gasteiger partial charge in [-0.05, 0) is 43.9 Å². The Morgan fingerprint density at radius 3 is 2.71 bits per heavy atom. The Morgan fingerprint density at radius 2 is 2.06 bits per heavy atom. The van der Waals surface area contributed by atoms with E-state index in [2.05, 4.69) is 26.8 Å². The Morgan fingerprint density at radius 1 is 1.35 bits per heavy atom. The molecule has 0 aliphatic carbocycles. The van der Waals surface area contributed by atoms with E-state index in [1.165, 1.54) is 11.1 Å². The number of unbranched alkanes of at least 4 members (excludes halogenated alkanes) is 1. The largest absolute Gasteiger partial charge is 0.458 e. The fourth-order valence-corrected chi connectivity index (χ4v) is 1.85. The summed E-state index contributed by atoms with van der Waals surface area (Å²) < 4.78 is 5.44. The maximum atomic E-state index is 11.6. The lowest BCUT2D eigenvalue weighted by Crippen LogP contribution is -2.10. The SMILES string of the molecule is CCCCC(=O)O[C@H](C)c1cccc(C)c1C. The van der Waals surface area contributed by atoms with Gasteiger partial charge in [0.05, 0.1) is 0 Å². The van der Waals surface area contributed by atoms with Crippen LogP contribution in [0, 0.1) is 13.8 Å². The lowest BCUT2D eigenvalue weighted by Gasteiger charge is -2.17. The molecule has 0 radical (unpaired) electrons.